The van der Waals surface area contributed by atoms with Gasteiger partial charge in [0.05, 0.1) is 5.69 Å². The molecule has 4 nitrogen and oxygen atoms in total. The van der Waals surface area contributed by atoms with E-state index in [-0.39, 0.29) is 5.82 Å². The molecule has 0 aliphatic heterocycles. The van der Waals surface area contributed by atoms with E-state index in [0.717, 1.165) is 22.7 Å². The van der Waals surface area contributed by atoms with Gasteiger partial charge in [-0.3, -0.25) is 0 Å². The summed E-state index contributed by atoms with van der Waals surface area (Å²) < 4.78 is 14.9. The van der Waals surface area contributed by atoms with Crippen molar-refractivity contribution in [1.29, 1.82) is 0 Å². The van der Waals surface area contributed by atoms with Crippen LogP contribution in [0.3, 0.4) is 0 Å². The first-order chi connectivity index (χ1) is 9.15. The van der Waals surface area contributed by atoms with Crippen LogP contribution in [0.4, 0.5) is 10.2 Å². The molecule has 2 heterocycles. The van der Waals surface area contributed by atoms with Crippen molar-refractivity contribution in [2.45, 2.75) is 0 Å². The fraction of sp³-hybridized carbons (Fsp3) is 0.143. The molecule has 19 heavy (non-hydrogen) atoms. The van der Waals surface area contributed by atoms with Gasteiger partial charge < -0.3 is 9.30 Å². The quantitative estimate of drug-likeness (QED) is 0.706. The predicted octanol–water partition coefficient (Wildman–Crippen LogP) is 2.60. The van der Waals surface area contributed by atoms with Crippen molar-refractivity contribution < 1.29 is 4.39 Å². The number of nitrogens with zero attached hydrogens (tertiary/aromatic N) is 4. The molecule has 0 saturated carbocycles. The number of rotatable bonds is 2. The highest BCUT2D eigenvalue weighted by atomic mass is 19.1. The Morgan fingerprint density at radius 2 is 1.89 bits per heavy atom. The molecule has 0 amide bonds. The summed E-state index contributed by atoms with van der Waals surface area (Å²) in [6.45, 7) is 0. The van der Waals surface area contributed by atoms with Crippen molar-refractivity contribution in [1.82, 2.24) is 14.4 Å². The predicted molar refractivity (Wildman–Crippen MR) is 72.7 cm³/mol. The number of halogens is 1. The van der Waals surface area contributed by atoms with Gasteiger partial charge in [-0.05, 0) is 24.3 Å². The molecule has 0 bridgehead atoms. The van der Waals surface area contributed by atoms with Gasteiger partial charge >= 0.3 is 0 Å². The van der Waals surface area contributed by atoms with Gasteiger partial charge in [0.2, 0.25) is 0 Å². The van der Waals surface area contributed by atoms with Gasteiger partial charge in [0, 0.05) is 38.2 Å². The van der Waals surface area contributed by atoms with Gasteiger partial charge in [-0.1, -0.05) is 0 Å². The molecule has 5 heteroatoms. The van der Waals surface area contributed by atoms with Crippen LogP contribution in [0.5, 0.6) is 0 Å². The van der Waals surface area contributed by atoms with Gasteiger partial charge in [-0.15, -0.1) is 0 Å². The zero-order valence-electron chi connectivity index (χ0n) is 10.7. The highest BCUT2D eigenvalue weighted by Crippen LogP contribution is 2.22. The van der Waals surface area contributed by atoms with Crippen LogP contribution < -0.4 is 4.90 Å². The van der Waals surface area contributed by atoms with Crippen molar-refractivity contribution >= 4 is 11.5 Å². The summed E-state index contributed by atoms with van der Waals surface area (Å²) in [7, 11) is 3.85. The smallest absolute Gasteiger partial charge is 0.180 e. The van der Waals surface area contributed by atoms with Gasteiger partial charge in [0.1, 0.15) is 5.82 Å². The Kier molecular flexibility index (Phi) is 2.67. The third-order valence-corrected chi connectivity index (χ3v) is 2.92. The Hall–Kier alpha value is -2.43. The molecule has 3 aromatic rings. The topological polar surface area (TPSA) is 33.4 Å². The molecule has 0 N–H and O–H groups in total. The van der Waals surface area contributed by atoms with Crippen LogP contribution in [-0.2, 0) is 0 Å². The van der Waals surface area contributed by atoms with Gasteiger partial charge in [0.25, 0.3) is 0 Å². The maximum absolute atomic E-state index is 12.9. The summed E-state index contributed by atoms with van der Waals surface area (Å²) in [4.78, 5) is 10.8. The van der Waals surface area contributed by atoms with Crippen LogP contribution in [-0.4, -0.2) is 28.5 Å². The first-order valence-corrected chi connectivity index (χ1v) is 5.92. The highest BCUT2D eigenvalue weighted by Gasteiger charge is 2.10. The second-order valence-corrected chi connectivity index (χ2v) is 4.51. The standard InChI is InChI=1S/C14H13FN4/c1-18(2)13-14-17-12(9-19(14)8-7-16-13)10-3-5-11(15)6-4-10/h3-9H,1-2H3. The van der Waals surface area contributed by atoms with E-state index in [1.807, 2.05) is 35.8 Å². The number of aromatic nitrogens is 3. The van der Waals surface area contributed by atoms with Crippen LogP contribution in [0.1, 0.15) is 0 Å². The molecule has 1 aromatic carbocycles. The van der Waals surface area contributed by atoms with E-state index in [1.54, 1.807) is 18.3 Å². The van der Waals surface area contributed by atoms with Crippen LogP contribution in [0.25, 0.3) is 16.9 Å². The molecule has 0 spiro atoms. The Morgan fingerprint density at radius 3 is 2.58 bits per heavy atom. The first kappa shape index (κ1) is 11.6. The van der Waals surface area contributed by atoms with Gasteiger partial charge in [-0.25, -0.2) is 14.4 Å². The maximum atomic E-state index is 12.9. The molecule has 0 fully saturated rings. The monoisotopic (exact) mass is 256 g/mol. The Morgan fingerprint density at radius 1 is 1.16 bits per heavy atom. The minimum Gasteiger partial charge on any atom is -0.360 e. The zero-order chi connectivity index (χ0) is 13.4. The normalized spacial score (nSPS) is 10.9. The second kappa shape index (κ2) is 4.35. The lowest BCUT2D eigenvalue weighted by Crippen LogP contribution is -2.12. The number of hydrogen-bond donors (Lipinski definition) is 0. The van der Waals surface area contributed by atoms with E-state index in [4.69, 9.17) is 0 Å². The van der Waals surface area contributed by atoms with Crippen molar-refractivity contribution in [3.63, 3.8) is 0 Å². The molecular formula is C14H13FN4. The van der Waals surface area contributed by atoms with Crippen molar-refractivity contribution in [3.8, 4) is 11.3 Å². The molecule has 3 rings (SSSR count). The van der Waals surface area contributed by atoms with Gasteiger partial charge in [-0.2, -0.15) is 0 Å². The van der Waals surface area contributed by atoms with E-state index in [2.05, 4.69) is 9.97 Å². The summed E-state index contributed by atoms with van der Waals surface area (Å²) in [6.07, 6.45) is 5.50. The van der Waals surface area contributed by atoms with Crippen molar-refractivity contribution in [3.05, 3.63) is 48.7 Å². The van der Waals surface area contributed by atoms with Crippen LogP contribution in [0, 0.1) is 5.82 Å². The largest absolute Gasteiger partial charge is 0.360 e. The van der Waals surface area contributed by atoms with Crippen molar-refractivity contribution in [2.75, 3.05) is 19.0 Å². The molecule has 2 aromatic heterocycles. The van der Waals surface area contributed by atoms with E-state index < -0.39 is 0 Å². The summed E-state index contributed by atoms with van der Waals surface area (Å²) in [5.74, 6) is 0.555. The van der Waals surface area contributed by atoms with Gasteiger partial charge in [0.15, 0.2) is 11.5 Å². The lowest BCUT2D eigenvalue weighted by atomic mass is 10.2. The van der Waals surface area contributed by atoms with E-state index in [1.165, 1.54) is 12.1 Å². The molecule has 0 saturated heterocycles. The highest BCUT2D eigenvalue weighted by molar-refractivity contribution is 5.70. The summed E-state index contributed by atoms with van der Waals surface area (Å²) in [5.41, 5.74) is 2.47. The Bertz CT molecular complexity index is 716. The number of fused-ring (bicyclic) bond motifs is 1. The average Bonchev–Trinajstić information content (AvgIpc) is 2.82. The molecule has 0 radical (unpaired) electrons. The third-order valence-electron chi connectivity index (χ3n) is 2.92. The average molecular weight is 256 g/mol. The number of benzene rings is 1. The lowest BCUT2D eigenvalue weighted by Gasteiger charge is -2.10. The van der Waals surface area contributed by atoms with Crippen molar-refractivity contribution in [2.24, 2.45) is 0 Å². The zero-order valence-corrected chi connectivity index (χ0v) is 10.7. The Labute approximate surface area is 110 Å². The van der Waals surface area contributed by atoms with E-state index in [0.29, 0.717) is 0 Å². The van der Waals surface area contributed by atoms with Crippen LogP contribution in [0.2, 0.25) is 0 Å². The summed E-state index contributed by atoms with van der Waals surface area (Å²) >= 11 is 0. The molecular weight excluding hydrogens is 243 g/mol. The number of imidazole rings is 1. The first-order valence-electron chi connectivity index (χ1n) is 5.92. The third kappa shape index (κ3) is 2.03. The molecule has 0 aliphatic rings. The minimum atomic E-state index is -0.247. The molecule has 96 valence electrons. The van der Waals surface area contributed by atoms with Crippen LogP contribution >= 0.6 is 0 Å². The lowest BCUT2D eigenvalue weighted by molar-refractivity contribution is 0.628. The SMILES string of the molecule is CN(C)c1nccn2cc(-c3ccc(F)cc3)nc12. The fourth-order valence-corrected chi connectivity index (χ4v) is 1.98. The van der Waals surface area contributed by atoms with E-state index >= 15 is 0 Å². The molecule has 0 unspecified atom stereocenters. The number of anilines is 1. The summed E-state index contributed by atoms with van der Waals surface area (Å²) in [6, 6.07) is 6.31. The second-order valence-electron chi connectivity index (χ2n) is 4.51. The maximum Gasteiger partial charge on any atom is 0.180 e. The van der Waals surface area contributed by atoms with E-state index in [9.17, 15) is 4.39 Å². The fourth-order valence-electron chi connectivity index (χ4n) is 1.98. The summed E-state index contributed by atoms with van der Waals surface area (Å²) in [5, 5.41) is 0. The van der Waals surface area contributed by atoms with Crippen LogP contribution in [0.15, 0.2) is 42.9 Å². The minimum absolute atomic E-state index is 0.247. The number of hydrogen-bond acceptors (Lipinski definition) is 3. The Balaban J connectivity index is 2.16. The molecule has 0 aliphatic carbocycles. The molecule has 0 atom stereocenters.